The average Bonchev–Trinajstić information content (AvgIpc) is 3.05. The molecular weight excluding hydrogens is 254 g/mol. The first-order chi connectivity index (χ1) is 8.97. The monoisotopic (exact) mass is 277 g/mol. The predicted molar refractivity (Wildman–Crippen MR) is 81.9 cm³/mol. The second-order valence-corrected chi connectivity index (χ2v) is 7.48. The van der Waals surface area contributed by atoms with E-state index in [-0.39, 0.29) is 5.54 Å². The van der Waals surface area contributed by atoms with Crippen LogP contribution >= 0.6 is 11.6 Å². The van der Waals surface area contributed by atoms with Crippen LogP contribution in [0.2, 0.25) is 5.02 Å². The minimum Gasteiger partial charge on any atom is -0.291 e. The molecule has 2 heteroatoms. The Bertz CT molecular complexity index is 471. The Hall–Kier alpha value is -0.530. The number of benzene rings is 1. The molecule has 19 heavy (non-hydrogen) atoms. The van der Waals surface area contributed by atoms with Crippen LogP contribution in [0.15, 0.2) is 18.2 Å². The summed E-state index contributed by atoms with van der Waals surface area (Å²) in [5, 5.41) is 0.950. The molecule has 1 aromatic carbocycles. The lowest BCUT2D eigenvalue weighted by molar-refractivity contribution is 0.121. The van der Waals surface area contributed by atoms with E-state index in [2.05, 4.69) is 43.9 Å². The fourth-order valence-corrected chi connectivity index (χ4v) is 3.62. The van der Waals surface area contributed by atoms with Gasteiger partial charge in [-0.1, -0.05) is 23.7 Å². The number of likely N-dealkylation sites (tertiary alicyclic amines) is 1. The molecule has 1 saturated heterocycles. The van der Waals surface area contributed by atoms with Crippen molar-refractivity contribution in [2.45, 2.75) is 64.0 Å². The number of nitrogens with zero attached hydrogens (tertiary/aromatic N) is 1. The van der Waals surface area contributed by atoms with Crippen LogP contribution in [0.5, 0.6) is 0 Å². The van der Waals surface area contributed by atoms with Crippen molar-refractivity contribution in [1.29, 1.82) is 0 Å². The number of hydrogen-bond acceptors (Lipinski definition) is 1. The summed E-state index contributed by atoms with van der Waals surface area (Å²) in [6.45, 7) is 8.12. The summed E-state index contributed by atoms with van der Waals surface area (Å²) in [5.41, 5.74) is 3.08. The molecule has 1 saturated carbocycles. The molecule has 1 unspecified atom stereocenters. The van der Waals surface area contributed by atoms with Crippen molar-refractivity contribution >= 4 is 11.6 Å². The molecule has 2 fully saturated rings. The maximum atomic E-state index is 6.49. The zero-order chi connectivity index (χ0) is 13.6. The van der Waals surface area contributed by atoms with Gasteiger partial charge >= 0.3 is 0 Å². The van der Waals surface area contributed by atoms with Gasteiger partial charge in [0.2, 0.25) is 0 Å². The van der Waals surface area contributed by atoms with E-state index in [1.807, 2.05) is 0 Å². The average molecular weight is 278 g/mol. The van der Waals surface area contributed by atoms with Gasteiger partial charge in [0.05, 0.1) is 0 Å². The zero-order valence-electron chi connectivity index (χ0n) is 12.2. The summed E-state index contributed by atoms with van der Waals surface area (Å²) in [4.78, 5) is 2.62. The highest BCUT2D eigenvalue weighted by molar-refractivity contribution is 6.31. The molecule has 2 aliphatic rings. The topological polar surface area (TPSA) is 3.24 Å². The van der Waals surface area contributed by atoms with Crippen LogP contribution in [0, 0.1) is 0 Å². The molecule has 1 heterocycles. The van der Waals surface area contributed by atoms with E-state index >= 15 is 0 Å². The molecule has 1 aromatic rings. The number of halogens is 1. The van der Waals surface area contributed by atoms with Gasteiger partial charge in [-0.3, -0.25) is 4.90 Å². The van der Waals surface area contributed by atoms with Crippen molar-refractivity contribution in [2.75, 3.05) is 6.54 Å². The molecule has 0 radical (unpaired) electrons. The van der Waals surface area contributed by atoms with Crippen LogP contribution in [-0.4, -0.2) is 17.0 Å². The van der Waals surface area contributed by atoms with Crippen LogP contribution in [0.25, 0.3) is 0 Å². The lowest BCUT2D eigenvalue weighted by Gasteiger charge is -2.37. The first kappa shape index (κ1) is 13.5. The molecular formula is C17H24ClN. The van der Waals surface area contributed by atoms with Gasteiger partial charge < -0.3 is 0 Å². The van der Waals surface area contributed by atoms with E-state index in [0.29, 0.717) is 6.04 Å². The van der Waals surface area contributed by atoms with Crippen LogP contribution in [0.4, 0.5) is 0 Å². The van der Waals surface area contributed by atoms with Gasteiger partial charge in [0.1, 0.15) is 0 Å². The Kier molecular flexibility index (Phi) is 3.39. The number of rotatable bonds is 2. The molecule has 104 valence electrons. The Morgan fingerprint density at radius 2 is 1.89 bits per heavy atom. The highest BCUT2D eigenvalue weighted by Crippen LogP contribution is 2.44. The van der Waals surface area contributed by atoms with Gasteiger partial charge in [0, 0.05) is 16.6 Å². The van der Waals surface area contributed by atoms with Gasteiger partial charge in [-0.2, -0.15) is 0 Å². The molecule has 1 aliphatic heterocycles. The zero-order valence-corrected chi connectivity index (χ0v) is 13.0. The summed E-state index contributed by atoms with van der Waals surface area (Å²) in [6.07, 6.45) is 5.24. The predicted octanol–water partition coefficient (Wildman–Crippen LogP) is 5.15. The normalized spacial score (nSPS) is 24.9. The van der Waals surface area contributed by atoms with Crippen LogP contribution in [0.1, 0.15) is 69.5 Å². The Balaban J connectivity index is 1.94. The third-order valence-corrected chi connectivity index (χ3v) is 4.89. The van der Waals surface area contributed by atoms with Crippen LogP contribution in [0.3, 0.4) is 0 Å². The van der Waals surface area contributed by atoms with Crippen molar-refractivity contribution in [3.63, 3.8) is 0 Å². The Morgan fingerprint density at radius 3 is 2.53 bits per heavy atom. The highest BCUT2D eigenvalue weighted by Gasteiger charge is 2.35. The summed E-state index contributed by atoms with van der Waals surface area (Å²) in [6, 6.07) is 7.23. The quantitative estimate of drug-likeness (QED) is 0.722. The molecule has 0 aromatic heterocycles. The van der Waals surface area contributed by atoms with Gasteiger partial charge in [-0.05, 0) is 76.1 Å². The largest absolute Gasteiger partial charge is 0.291 e. The third-order valence-electron chi connectivity index (χ3n) is 4.54. The maximum absolute atomic E-state index is 6.49. The standard InChI is InChI=1S/C17H24ClN/c1-17(2,3)19-10-4-5-16(19)14-11-13(12-6-7-12)8-9-15(14)18/h8-9,11-12,16H,4-7,10H2,1-3H3. The molecule has 1 aliphatic carbocycles. The van der Waals surface area contributed by atoms with Gasteiger partial charge in [0.15, 0.2) is 0 Å². The van der Waals surface area contributed by atoms with Gasteiger partial charge in [-0.25, -0.2) is 0 Å². The van der Waals surface area contributed by atoms with E-state index < -0.39 is 0 Å². The fourth-order valence-electron chi connectivity index (χ4n) is 3.38. The van der Waals surface area contributed by atoms with Crippen molar-refractivity contribution < 1.29 is 0 Å². The summed E-state index contributed by atoms with van der Waals surface area (Å²) >= 11 is 6.49. The lowest BCUT2D eigenvalue weighted by atomic mass is 9.96. The van der Waals surface area contributed by atoms with Crippen LogP contribution < -0.4 is 0 Å². The summed E-state index contributed by atoms with van der Waals surface area (Å²) in [5.74, 6) is 0.806. The van der Waals surface area contributed by atoms with Crippen molar-refractivity contribution in [2.24, 2.45) is 0 Å². The molecule has 0 bridgehead atoms. The first-order valence-electron chi connectivity index (χ1n) is 7.53. The minimum absolute atomic E-state index is 0.222. The Labute approximate surface area is 121 Å². The van der Waals surface area contributed by atoms with E-state index in [4.69, 9.17) is 11.6 Å². The molecule has 0 N–H and O–H groups in total. The van der Waals surface area contributed by atoms with E-state index in [9.17, 15) is 0 Å². The van der Waals surface area contributed by atoms with Crippen molar-refractivity contribution in [1.82, 2.24) is 4.90 Å². The molecule has 1 atom stereocenters. The molecule has 3 rings (SSSR count). The maximum Gasteiger partial charge on any atom is 0.0454 e. The molecule has 1 nitrogen and oxygen atoms in total. The van der Waals surface area contributed by atoms with E-state index in [0.717, 1.165) is 10.9 Å². The molecule has 0 amide bonds. The molecule has 0 spiro atoms. The fraction of sp³-hybridized carbons (Fsp3) is 0.647. The van der Waals surface area contributed by atoms with E-state index in [1.54, 1.807) is 0 Å². The third kappa shape index (κ3) is 2.68. The van der Waals surface area contributed by atoms with E-state index in [1.165, 1.54) is 43.4 Å². The summed E-state index contributed by atoms with van der Waals surface area (Å²) in [7, 11) is 0. The number of hydrogen-bond donors (Lipinski definition) is 0. The second-order valence-electron chi connectivity index (χ2n) is 7.08. The summed E-state index contributed by atoms with van der Waals surface area (Å²) < 4.78 is 0. The van der Waals surface area contributed by atoms with Crippen LogP contribution in [-0.2, 0) is 0 Å². The SMILES string of the molecule is CC(C)(C)N1CCCC1c1cc(C2CC2)ccc1Cl. The van der Waals surface area contributed by atoms with Gasteiger partial charge in [0.25, 0.3) is 0 Å². The highest BCUT2D eigenvalue weighted by atomic mass is 35.5. The smallest absolute Gasteiger partial charge is 0.0454 e. The lowest BCUT2D eigenvalue weighted by Crippen LogP contribution is -2.40. The second kappa shape index (κ2) is 4.79. The minimum atomic E-state index is 0.222. The van der Waals surface area contributed by atoms with Crippen molar-refractivity contribution in [3.8, 4) is 0 Å². The van der Waals surface area contributed by atoms with Crippen molar-refractivity contribution in [3.05, 3.63) is 34.3 Å². The first-order valence-corrected chi connectivity index (χ1v) is 7.91. The Morgan fingerprint density at radius 1 is 1.16 bits per heavy atom. The van der Waals surface area contributed by atoms with Gasteiger partial charge in [-0.15, -0.1) is 0 Å².